The fraction of sp³-hybridized carbons (Fsp3) is 0.417. The molecule has 1 aromatic rings. The lowest BCUT2D eigenvalue weighted by molar-refractivity contribution is 0.0977. The van der Waals surface area contributed by atoms with Gasteiger partial charge in [0.05, 0.1) is 0 Å². The van der Waals surface area contributed by atoms with Crippen molar-refractivity contribution in [2.75, 3.05) is 0 Å². The summed E-state index contributed by atoms with van der Waals surface area (Å²) in [6.07, 6.45) is 4.37. The van der Waals surface area contributed by atoms with Crippen molar-refractivity contribution < 1.29 is 4.79 Å². The first-order valence-corrected chi connectivity index (χ1v) is 6.73. The molecule has 0 saturated heterocycles. The Hall–Kier alpha value is -0.150. The minimum atomic E-state index is 0.251. The number of carbonyl (C=O) groups is 1. The Kier molecular flexibility index (Phi) is 3.62. The van der Waals surface area contributed by atoms with Gasteiger partial charge in [0.2, 0.25) is 0 Å². The van der Waals surface area contributed by atoms with Gasteiger partial charge in [-0.1, -0.05) is 44.7 Å². The number of Topliss-reactive ketones (excluding diaryl/α,β-unsaturated/α-hetero) is 1. The summed E-state index contributed by atoms with van der Waals surface area (Å²) in [5.74, 6) is 1.07. The van der Waals surface area contributed by atoms with Crippen LogP contribution in [0.2, 0.25) is 0 Å². The Morgan fingerprint density at radius 1 is 1.33 bits per heavy atom. The summed E-state index contributed by atoms with van der Waals surface area (Å²) < 4.78 is 1.88. The average Bonchev–Trinajstić information content (AvgIpc) is 2.97. The largest absolute Gasteiger partial charge is 0.294 e. The van der Waals surface area contributed by atoms with Crippen LogP contribution in [0.15, 0.2) is 27.1 Å². The van der Waals surface area contributed by atoms with E-state index in [1.165, 1.54) is 12.8 Å². The molecule has 0 aliphatic heterocycles. The van der Waals surface area contributed by atoms with Crippen LogP contribution in [-0.2, 0) is 0 Å². The molecule has 1 aromatic carbocycles. The molecule has 3 heteroatoms. The van der Waals surface area contributed by atoms with Crippen LogP contribution < -0.4 is 0 Å². The zero-order valence-electron chi connectivity index (χ0n) is 8.30. The number of hydrogen-bond acceptors (Lipinski definition) is 1. The molecule has 0 aromatic heterocycles. The first kappa shape index (κ1) is 11.3. The lowest BCUT2D eigenvalue weighted by atomic mass is 10.1. The van der Waals surface area contributed by atoms with Crippen LogP contribution in [0.3, 0.4) is 0 Å². The summed E-state index contributed by atoms with van der Waals surface area (Å²) in [6, 6.07) is 5.71. The second-order valence-electron chi connectivity index (χ2n) is 4.03. The third-order valence-electron chi connectivity index (χ3n) is 2.71. The summed E-state index contributed by atoms with van der Waals surface area (Å²) in [5, 5.41) is 0. The lowest BCUT2D eigenvalue weighted by Crippen LogP contribution is -2.00. The van der Waals surface area contributed by atoms with E-state index >= 15 is 0 Å². The molecule has 1 nitrogen and oxygen atoms in total. The molecule has 0 radical (unpaired) electrons. The van der Waals surface area contributed by atoms with Gasteiger partial charge < -0.3 is 0 Å². The van der Waals surface area contributed by atoms with Crippen molar-refractivity contribution >= 4 is 37.6 Å². The van der Waals surface area contributed by atoms with E-state index < -0.39 is 0 Å². The number of carbonyl (C=O) groups excluding carboxylic acids is 1. The highest BCUT2D eigenvalue weighted by Crippen LogP contribution is 2.34. The third-order valence-corrected chi connectivity index (χ3v) is 3.86. The normalized spacial score (nSPS) is 15.3. The van der Waals surface area contributed by atoms with Gasteiger partial charge in [-0.25, -0.2) is 0 Å². The van der Waals surface area contributed by atoms with Crippen LogP contribution in [0.5, 0.6) is 0 Å². The number of hydrogen-bond donors (Lipinski definition) is 0. The summed E-state index contributed by atoms with van der Waals surface area (Å²) in [4.78, 5) is 11.9. The minimum Gasteiger partial charge on any atom is -0.294 e. The number of halogens is 2. The van der Waals surface area contributed by atoms with Gasteiger partial charge in [0.1, 0.15) is 0 Å². The Bertz CT molecular complexity index is 383. The third kappa shape index (κ3) is 3.15. The predicted octanol–water partition coefficient (Wildman–Crippen LogP) is 4.58. The summed E-state index contributed by atoms with van der Waals surface area (Å²) in [5.41, 5.74) is 0.804. The molecule has 0 amide bonds. The summed E-state index contributed by atoms with van der Waals surface area (Å²) in [7, 11) is 0. The van der Waals surface area contributed by atoms with E-state index in [1.54, 1.807) is 0 Å². The Morgan fingerprint density at radius 2 is 2.07 bits per heavy atom. The van der Waals surface area contributed by atoms with Gasteiger partial charge >= 0.3 is 0 Å². The smallest absolute Gasteiger partial charge is 0.164 e. The zero-order valence-corrected chi connectivity index (χ0v) is 11.5. The van der Waals surface area contributed by atoms with Crippen molar-refractivity contribution in [1.82, 2.24) is 0 Å². The molecule has 0 N–H and O–H groups in total. The molecule has 1 fully saturated rings. The molecular weight excluding hydrogens is 320 g/mol. The van der Waals surface area contributed by atoms with Gasteiger partial charge in [-0.15, -0.1) is 0 Å². The lowest BCUT2D eigenvalue weighted by Gasteiger charge is -2.03. The van der Waals surface area contributed by atoms with E-state index in [-0.39, 0.29) is 5.78 Å². The molecule has 0 bridgehead atoms. The highest BCUT2D eigenvalue weighted by molar-refractivity contribution is 9.11. The van der Waals surface area contributed by atoms with Gasteiger partial charge in [-0.05, 0) is 30.5 Å². The molecule has 15 heavy (non-hydrogen) atoms. The van der Waals surface area contributed by atoms with Crippen molar-refractivity contribution in [2.45, 2.75) is 25.7 Å². The van der Waals surface area contributed by atoms with Crippen molar-refractivity contribution in [1.29, 1.82) is 0 Å². The van der Waals surface area contributed by atoms with E-state index in [2.05, 4.69) is 31.9 Å². The van der Waals surface area contributed by atoms with Crippen molar-refractivity contribution in [3.8, 4) is 0 Å². The van der Waals surface area contributed by atoms with E-state index in [0.717, 1.165) is 26.8 Å². The molecule has 2 rings (SSSR count). The maximum atomic E-state index is 11.9. The predicted molar refractivity (Wildman–Crippen MR) is 68.1 cm³/mol. The first-order chi connectivity index (χ1) is 7.16. The maximum absolute atomic E-state index is 11.9. The standard InChI is InChI=1S/C12H12Br2O/c13-9-4-5-10(11(14)7-9)12(15)6-3-8-1-2-8/h4-5,7-8H,1-3,6H2. The quantitative estimate of drug-likeness (QED) is 0.738. The minimum absolute atomic E-state index is 0.251. The Labute approximate surface area is 107 Å². The fourth-order valence-corrected chi connectivity index (χ4v) is 2.86. The Balaban J connectivity index is 2.03. The zero-order chi connectivity index (χ0) is 10.8. The van der Waals surface area contributed by atoms with Gasteiger partial charge in [-0.2, -0.15) is 0 Å². The van der Waals surface area contributed by atoms with Crippen LogP contribution in [0.4, 0.5) is 0 Å². The van der Waals surface area contributed by atoms with Gasteiger partial charge in [0.15, 0.2) is 5.78 Å². The molecule has 1 aliphatic carbocycles. The molecule has 1 aliphatic rings. The molecule has 1 saturated carbocycles. The van der Waals surface area contributed by atoms with E-state index in [0.29, 0.717) is 6.42 Å². The number of ketones is 1. The Morgan fingerprint density at radius 3 is 2.67 bits per heavy atom. The molecule has 0 atom stereocenters. The summed E-state index contributed by atoms with van der Waals surface area (Å²) in [6.45, 7) is 0. The number of benzene rings is 1. The molecular formula is C12H12Br2O. The average molecular weight is 332 g/mol. The van der Waals surface area contributed by atoms with Gasteiger partial charge in [0.25, 0.3) is 0 Å². The highest BCUT2D eigenvalue weighted by Gasteiger charge is 2.22. The van der Waals surface area contributed by atoms with E-state index in [4.69, 9.17) is 0 Å². The molecule has 80 valence electrons. The molecule has 0 unspecified atom stereocenters. The van der Waals surface area contributed by atoms with Crippen LogP contribution >= 0.6 is 31.9 Å². The first-order valence-electron chi connectivity index (χ1n) is 5.15. The SMILES string of the molecule is O=C(CCC1CC1)c1ccc(Br)cc1Br. The topological polar surface area (TPSA) is 17.1 Å². The monoisotopic (exact) mass is 330 g/mol. The molecule has 0 spiro atoms. The van der Waals surface area contributed by atoms with Crippen LogP contribution in [0.1, 0.15) is 36.0 Å². The highest BCUT2D eigenvalue weighted by atomic mass is 79.9. The van der Waals surface area contributed by atoms with Crippen LogP contribution in [0, 0.1) is 5.92 Å². The van der Waals surface area contributed by atoms with Crippen molar-refractivity contribution in [3.05, 3.63) is 32.7 Å². The fourth-order valence-electron chi connectivity index (χ4n) is 1.59. The van der Waals surface area contributed by atoms with Crippen molar-refractivity contribution in [3.63, 3.8) is 0 Å². The van der Waals surface area contributed by atoms with Gasteiger partial charge in [0, 0.05) is 20.9 Å². The molecule has 0 heterocycles. The second-order valence-corrected chi connectivity index (χ2v) is 5.80. The van der Waals surface area contributed by atoms with Crippen LogP contribution in [-0.4, -0.2) is 5.78 Å². The summed E-state index contributed by atoms with van der Waals surface area (Å²) >= 11 is 6.80. The second kappa shape index (κ2) is 4.79. The number of rotatable bonds is 4. The van der Waals surface area contributed by atoms with E-state index in [9.17, 15) is 4.79 Å². The van der Waals surface area contributed by atoms with Gasteiger partial charge in [-0.3, -0.25) is 4.79 Å². The van der Waals surface area contributed by atoms with Crippen molar-refractivity contribution in [2.24, 2.45) is 5.92 Å². The maximum Gasteiger partial charge on any atom is 0.164 e. The van der Waals surface area contributed by atoms with Crippen LogP contribution in [0.25, 0.3) is 0 Å². The van der Waals surface area contributed by atoms with E-state index in [1.807, 2.05) is 18.2 Å².